The molecule has 1 aromatic heterocycles. The predicted octanol–water partition coefficient (Wildman–Crippen LogP) is 0.186. The molecule has 1 aromatic carbocycles. The monoisotopic (exact) mass is 385 g/mol. The van der Waals surface area contributed by atoms with E-state index >= 15 is 0 Å². The Morgan fingerprint density at radius 3 is 2.68 bits per heavy atom. The topological polar surface area (TPSA) is 154 Å². The summed E-state index contributed by atoms with van der Waals surface area (Å²) in [6.07, 6.45) is 0.360. The van der Waals surface area contributed by atoms with E-state index in [0.717, 1.165) is 0 Å². The largest absolute Gasteiger partial charge is 0.478 e. The molecule has 2 aliphatic rings. The fourth-order valence-corrected chi connectivity index (χ4v) is 3.58. The van der Waals surface area contributed by atoms with E-state index in [-0.39, 0.29) is 41.9 Å². The van der Waals surface area contributed by atoms with E-state index in [4.69, 9.17) is 20.9 Å². The van der Waals surface area contributed by atoms with Crippen LogP contribution in [0.1, 0.15) is 26.3 Å². The molecule has 0 saturated carbocycles. The molecule has 1 fully saturated rings. The molecule has 1 amide bonds. The van der Waals surface area contributed by atoms with Gasteiger partial charge in [-0.15, -0.1) is 0 Å². The highest BCUT2D eigenvalue weighted by atomic mass is 16.6. The Morgan fingerprint density at radius 2 is 1.93 bits per heavy atom. The average Bonchev–Trinajstić information content (AvgIpc) is 2.88. The van der Waals surface area contributed by atoms with Crippen LogP contribution < -0.4 is 16.2 Å². The van der Waals surface area contributed by atoms with Crippen LogP contribution in [0.5, 0.6) is 5.88 Å². The Hall–Kier alpha value is -3.40. The number of nitrogen functional groups attached to an aromatic ring is 2. The number of carboxylic acid groups (broad SMARTS) is 1. The quantitative estimate of drug-likeness (QED) is 0.657. The van der Waals surface area contributed by atoms with E-state index in [2.05, 4.69) is 9.97 Å². The van der Waals surface area contributed by atoms with Crippen LogP contribution in [0.15, 0.2) is 24.3 Å². The molecule has 1 spiro atoms. The third-order valence-electron chi connectivity index (χ3n) is 4.86. The predicted molar refractivity (Wildman–Crippen MR) is 98.0 cm³/mol. The number of carbonyl (C=O) groups is 2. The standard InChI is InChI=1S/C18H19N5O5/c19-13-12-7-18(28-14(12)22-17(20)21-13)8-23(5-6-27-9-18)15(24)10-3-1-2-4-11(10)16(25)26/h1-4H,5-9H2,(H,25,26)(H4,19,20,21,22). The van der Waals surface area contributed by atoms with E-state index < -0.39 is 17.5 Å². The molecule has 10 nitrogen and oxygen atoms in total. The maximum atomic E-state index is 13.1. The smallest absolute Gasteiger partial charge is 0.336 e. The highest BCUT2D eigenvalue weighted by Crippen LogP contribution is 2.38. The van der Waals surface area contributed by atoms with Gasteiger partial charge in [0, 0.05) is 13.0 Å². The summed E-state index contributed by atoms with van der Waals surface area (Å²) in [5.41, 5.74) is 11.4. The summed E-state index contributed by atoms with van der Waals surface area (Å²) in [7, 11) is 0. The van der Waals surface area contributed by atoms with Crippen LogP contribution in [0, 0.1) is 0 Å². The Kier molecular flexibility index (Phi) is 4.27. The van der Waals surface area contributed by atoms with Crippen molar-refractivity contribution in [2.75, 3.05) is 37.8 Å². The second kappa shape index (κ2) is 6.64. The lowest BCUT2D eigenvalue weighted by Crippen LogP contribution is -2.50. The summed E-state index contributed by atoms with van der Waals surface area (Å²) in [5, 5.41) is 9.39. The molecule has 1 saturated heterocycles. The molecule has 2 aliphatic heterocycles. The molecule has 10 heteroatoms. The number of carboxylic acids is 1. The number of carbonyl (C=O) groups excluding carboxylic acids is 1. The second-order valence-electron chi connectivity index (χ2n) is 6.84. The van der Waals surface area contributed by atoms with Crippen LogP contribution in [0.2, 0.25) is 0 Å². The minimum Gasteiger partial charge on any atom is -0.478 e. The third-order valence-corrected chi connectivity index (χ3v) is 4.86. The lowest BCUT2D eigenvalue weighted by atomic mass is 9.97. The van der Waals surface area contributed by atoms with Gasteiger partial charge in [0.15, 0.2) is 5.60 Å². The van der Waals surface area contributed by atoms with E-state index in [1.807, 2.05) is 0 Å². The van der Waals surface area contributed by atoms with E-state index in [0.29, 0.717) is 25.1 Å². The number of nitrogens with two attached hydrogens (primary N) is 2. The number of aromatic nitrogens is 2. The first kappa shape index (κ1) is 18.0. The highest BCUT2D eigenvalue weighted by molar-refractivity contribution is 6.04. The third kappa shape index (κ3) is 3.07. The number of benzene rings is 1. The number of amides is 1. The maximum Gasteiger partial charge on any atom is 0.336 e. The zero-order valence-corrected chi connectivity index (χ0v) is 14.9. The number of hydrogen-bond acceptors (Lipinski definition) is 8. The minimum absolute atomic E-state index is 0.00570. The first-order valence-electron chi connectivity index (χ1n) is 8.69. The Balaban J connectivity index is 1.64. The number of rotatable bonds is 2. The van der Waals surface area contributed by atoms with Crippen LogP contribution in [-0.4, -0.2) is 63.8 Å². The lowest BCUT2D eigenvalue weighted by molar-refractivity contribution is -0.00148. The van der Waals surface area contributed by atoms with Crippen molar-refractivity contribution in [3.8, 4) is 5.88 Å². The van der Waals surface area contributed by atoms with Crippen LogP contribution in [0.4, 0.5) is 11.8 Å². The maximum absolute atomic E-state index is 13.1. The van der Waals surface area contributed by atoms with Crippen molar-refractivity contribution in [2.45, 2.75) is 12.0 Å². The molecule has 1 unspecified atom stereocenters. The number of hydrogen-bond donors (Lipinski definition) is 3. The normalized spacial score (nSPS) is 21.1. The van der Waals surface area contributed by atoms with Gasteiger partial charge in [-0.25, -0.2) is 4.79 Å². The molecule has 28 heavy (non-hydrogen) atoms. The van der Waals surface area contributed by atoms with Gasteiger partial charge in [0.05, 0.1) is 36.4 Å². The minimum atomic E-state index is -1.16. The van der Waals surface area contributed by atoms with Crippen molar-refractivity contribution >= 4 is 23.6 Å². The first-order valence-corrected chi connectivity index (χ1v) is 8.69. The Bertz CT molecular complexity index is 965. The number of nitrogens with zero attached hydrogens (tertiary/aromatic N) is 3. The zero-order valence-electron chi connectivity index (χ0n) is 14.9. The second-order valence-corrected chi connectivity index (χ2v) is 6.84. The van der Waals surface area contributed by atoms with Crippen LogP contribution in [0.25, 0.3) is 0 Å². The Labute approximate surface area is 160 Å². The molecule has 0 radical (unpaired) electrons. The first-order chi connectivity index (χ1) is 13.4. The molecular weight excluding hydrogens is 366 g/mol. The molecular formula is C18H19N5O5. The van der Waals surface area contributed by atoms with Crippen molar-refractivity contribution in [1.82, 2.24) is 14.9 Å². The van der Waals surface area contributed by atoms with Crippen molar-refractivity contribution < 1.29 is 24.2 Å². The van der Waals surface area contributed by atoms with Gasteiger partial charge in [-0.3, -0.25) is 4.79 Å². The van der Waals surface area contributed by atoms with E-state index in [9.17, 15) is 14.7 Å². The molecule has 5 N–H and O–H groups in total. The summed E-state index contributed by atoms with van der Waals surface area (Å²) in [4.78, 5) is 34.2. The number of fused-ring (bicyclic) bond motifs is 1. The van der Waals surface area contributed by atoms with Crippen LogP contribution in [-0.2, 0) is 11.2 Å². The number of aromatic carboxylic acids is 1. The fraction of sp³-hybridized carbons (Fsp3) is 0.333. The lowest BCUT2D eigenvalue weighted by Gasteiger charge is -2.31. The van der Waals surface area contributed by atoms with Gasteiger partial charge in [0.1, 0.15) is 5.82 Å². The van der Waals surface area contributed by atoms with Gasteiger partial charge in [0.2, 0.25) is 11.8 Å². The van der Waals surface area contributed by atoms with E-state index in [1.165, 1.54) is 17.0 Å². The molecule has 0 aliphatic carbocycles. The van der Waals surface area contributed by atoms with Crippen molar-refractivity contribution in [1.29, 1.82) is 0 Å². The summed E-state index contributed by atoms with van der Waals surface area (Å²) < 4.78 is 11.7. The van der Waals surface area contributed by atoms with Gasteiger partial charge >= 0.3 is 5.97 Å². The number of ether oxygens (including phenoxy) is 2. The molecule has 146 valence electrons. The van der Waals surface area contributed by atoms with Gasteiger partial charge in [-0.2, -0.15) is 9.97 Å². The van der Waals surface area contributed by atoms with Crippen LogP contribution in [0.3, 0.4) is 0 Å². The number of anilines is 2. The molecule has 0 bridgehead atoms. The fourth-order valence-electron chi connectivity index (χ4n) is 3.58. The molecule has 3 heterocycles. The van der Waals surface area contributed by atoms with Crippen molar-refractivity contribution in [3.05, 3.63) is 41.0 Å². The van der Waals surface area contributed by atoms with E-state index in [1.54, 1.807) is 12.1 Å². The molecule has 4 rings (SSSR count). The SMILES string of the molecule is Nc1nc(N)c2c(n1)OC1(COCCN(C(=O)c3ccccc3C(=O)O)C1)C2. The Morgan fingerprint density at radius 1 is 1.18 bits per heavy atom. The molecule has 1 atom stereocenters. The van der Waals surface area contributed by atoms with Gasteiger partial charge in [0.25, 0.3) is 5.91 Å². The average molecular weight is 385 g/mol. The van der Waals surface area contributed by atoms with Crippen molar-refractivity contribution in [3.63, 3.8) is 0 Å². The summed E-state index contributed by atoms with van der Waals surface area (Å²) >= 11 is 0. The zero-order chi connectivity index (χ0) is 19.9. The van der Waals surface area contributed by atoms with Crippen molar-refractivity contribution in [2.24, 2.45) is 0 Å². The summed E-state index contributed by atoms with van der Waals surface area (Å²) in [6, 6.07) is 6.11. The van der Waals surface area contributed by atoms with Gasteiger partial charge < -0.3 is 30.9 Å². The van der Waals surface area contributed by atoms with Crippen LogP contribution >= 0.6 is 0 Å². The highest BCUT2D eigenvalue weighted by Gasteiger charge is 2.46. The summed E-state index contributed by atoms with van der Waals surface area (Å²) in [6.45, 7) is 1.02. The van der Waals surface area contributed by atoms with Gasteiger partial charge in [-0.1, -0.05) is 12.1 Å². The van der Waals surface area contributed by atoms with Gasteiger partial charge in [-0.05, 0) is 12.1 Å². The molecule has 2 aromatic rings. The summed E-state index contributed by atoms with van der Waals surface area (Å²) in [5.74, 6) is -1.04.